The summed E-state index contributed by atoms with van der Waals surface area (Å²) in [6, 6.07) is 14.3. The molecule has 0 heterocycles. The van der Waals surface area contributed by atoms with Crippen LogP contribution in [0, 0.1) is 0 Å². The maximum Gasteiger partial charge on any atom is 0.339 e. The Hall–Kier alpha value is -3.80. The van der Waals surface area contributed by atoms with Crippen LogP contribution in [0.5, 0.6) is 17.2 Å². The first-order chi connectivity index (χ1) is 15.9. The van der Waals surface area contributed by atoms with Crippen molar-refractivity contribution in [2.75, 3.05) is 13.2 Å². The summed E-state index contributed by atoms with van der Waals surface area (Å²) in [7, 11) is 0. The van der Waals surface area contributed by atoms with E-state index in [1.165, 1.54) is 6.92 Å². The molecule has 6 heteroatoms. The molecule has 0 saturated carbocycles. The molecule has 0 bridgehead atoms. The minimum Gasteiger partial charge on any atom is -0.507 e. The number of carbonyl (C=O) groups excluding carboxylic acids is 1. The van der Waals surface area contributed by atoms with Gasteiger partial charge in [0.25, 0.3) is 0 Å². The van der Waals surface area contributed by atoms with Crippen LogP contribution in [-0.4, -0.2) is 35.2 Å². The molecular formula is C27H28O6. The number of carboxylic acids is 1. The van der Waals surface area contributed by atoms with Crippen LogP contribution in [0.3, 0.4) is 0 Å². The van der Waals surface area contributed by atoms with Gasteiger partial charge in [0.2, 0.25) is 0 Å². The lowest BCUT2D eigenvalue weighted by atomic mass is 10.0. The average molecular weight is 449 g/mol. The lowest BCUT2D eigenvalue weighted by molar-refractivity contribution is 0.0692. The number of unbranched alkanes of at least 4 members (excludes halogenated alkanes) is 2. The molecule has 0 atom stereocenters. The first-order valence-electron chi connectivity index (χ1n) is 10.9. The Morgan fingerprint density at radius 2 is 1.70 bits per heavy atom. The summed E-state index contributed by atoms with van der Waals surface area (Å²) < 4.78 is 11.6. The van der Waals surface area contributed by atoms with Gasteiger partial charge in [-0.1, -0.05) is 42.5 Å². The zero-order chi connectivity index (χ0) is 23.8. The number of hydrogen-bond acceptors (Lipinski definition) is 5. The zero-order valence-corrected chi connectivity index (χ0v) is 18.7. The number of rotatable bonds is 12. The fourth-order valence-electron chi connectivity index (χ4n) is 3.70. The van der Waals surface area contributed by atoms with E-state index in [1.54, 1.807) is 30.3 Å². The van der Waals surface area contributed by atoms with Crippen LogP contribution in [-0.2, 0) is 6.42 Å². The molecule has 0 aromatic heterocycles. The molecule has 3 rings (SSSR count). The van der Waals surface area contributed by atoms with Gasteiger partial charge >= 0.3 is 5.97 Å². The van der Waals surface area contributed by atoms with E-state index in [1.807, 2.05) is 24.3 Å². The minimum absolute atomic E-state index is 0.0578. The number of fused-ring (bicyclic) bond motifs is 1. The molecule has 0 saturated heterocycles. The van der Waals surface area contributed by atoms with Crippen LogP contribution < -0.4 is 9.47 Å². The smallest absolute Gasteiger partial charge is 0.339 e. The Labute approximate surface area is 193 Å². The number of carbonyl (C=O) groups is 2. The quantitative estimate of drug-likeness (QED) is 0.207. The molecular weight excluding hydrogens is 420 g/mol. The molecule has 0 amide bonds. The van der Waals surface area contributed by atoms with E-state index in [0.29, 0.717) is 43.1 Å². The number of carboxylic acid groups (broad SMARTS) is 1. The summed E-state index contributed by atoms with van der Waals surface area (Å²) in [6.07, 6.45) is 4.36. The molecule has 0 radical (unpaired) electrons. The third kappa shape index (κ3) is 5.71. The highest BCUT2D eigenvalue weighted by molar-refractivity contribution is 6.01. The number of Topliss-reactive ketones (excluding diaryl/α,β-unsaturated/α-hetero) is 1. The molecule has 0 aliphatic rings. The molecule has 0 aliphatic carbocycles. The molecule has 3 aromatic rings. The highest BCUT2D eigenvalue weighted by Crippen LogP contribution is 2.33. The molecule has 172 valence electrons. The highest BCUT2D eigenvalue weighted by Gasteiger charge is 2.17. The van der Waals surface area contributed by atoms with Gasteiger partial charge in [0.1, 0.15) is 28.4 Å². The van der Waals surface area contributed by atoms with Crippen molar-refractivity contribution < 1.29 is 29.3 Å². The summed E-state index contributed by atoms with van der Waals surface area (Å²) in [5, 5.41) is 21.6. The average Bonchev–Trinajstić information content (AvgIpc) is 2.79. The van der Waals surface area contributed by atoms with Gasteiger partial charge in [0, 0.05) is 5.39 Å². The number of hydrogen-bond donors (Lipinski definition) is 2. The van der Waals surface area contributed by atoms with Gasteiger partial charge in [0.05, 0.1) is 13.2 Å². The second-order valence-corrected chi connectivity index (χ2v) is 7.72. The van der Waals surface area contributed by atoms with Crippen LogP contribution in [0.4, 0.5) is 0 Å². The third-order valence-corrected chi connectivity index (χ3v) is 5.34. The van der Waals surface area contributed by atoms with Gasteiger partial charge < -0.3 is 19.7 Å². The van der Waals surface area contributed by atoms with Crippen molar-refractivity contribution in [1.29, 1.82) is 0 Å². The Morgan fingerprint density at radius 3 is 2.39 bits per heavy atom. The summed E-state index contributed by atoms with van der Waals surface area (Å²) in [4.78, 5) is 23.6. The number of phenolic OH excluding ortho intramolecular Hbond substituents is 1. The van der Waals surface area contributed by atoms with E-state index in [2.05, 4.69) is 6.58 Å². The molecule has 33 heavy (non-hydrogen) atoms. The standard InChI is InChI=1S/C27H28O6/c1-3-9-20-13-15-23(24(18(2)28)25(20)29)32-16-7-4-8-17-33-26-21-11-6-5-10-19(21)12-14-22(26)27(30)31/h3,5-6,10-15,29H,1,4,7-9,16-17H2,2H3,(H,30,31). The van der Waals surface area contributed by atoms with E-state index in [-0.39, 0.29) is 22.7 Å². The second kappa shape index (κ2) is 11.2. The number of ether oxygens (including phenoxy) is 2. The number of allylic oxidation sites excluding steroid dienone is 1. The summed E-state index contributed by atoms with van der Waals surface area (Å²) in [5.74, 6) is -0.583. The van der Waals surface area contributed by atoms with E-state index >= 15 is 0 Å². The molecule has 0 unspecified atom stereocenters. The van der Waals surface area contributed by atoms with Gasteiger partial charge in [-0.2, -0.15) is 0 Å². The zero-order valence-electron chi connectivity index (χ0n) is 18.7. The second-order valence-electron chi connectivity index (χ2n) is 7.72. The first kappa shape index (κ1) is 23.9. The number of ketones is 1. The van der Waals surface area contributed by atoms with Crippen molar-refractivity contribution >= 4 is 22.5 Å². The Kier molecular flexibility index (Phi) is 8.08. The van der Waals surface area contributed by atoms with Gasteiger partial charge in [-0.05, 0) is 55.7 Å². The minimum atomic E-state index is -1.02. The molecule has 0 aliphatic heterocycles. The van der Waals surface area contributed by atoms with Crippen molar-refractivity contribution in [2.24, 2.45) is 0 Å². The van der Waals surface area contributed by atoms with Crippen LogP contribution in [0.15, 0.2) is 61.2 Å². The van der Waals surface area contributed by atoms with Gasteiger partial charge in [-0.15, -0.1) is 6.58 Å². The number of aromatic hydroxyl groups is 1. The molecule has 6 nitrogen and oxygen atoms in total. The van der Waals surface area contributed by atoms with E-state index in [0.717, 1.165) is 23.6 Å². The highest BCUT2D eigenvalue weighted by atomic mass is 16.5. The van der Waals surface area contributed by atoms with Gasteiger partial charge in [0.15, 0.2) is 5.78 Å². The first-order valence-corrected chi connectivity index (χ1v) is 10.9. The largest absolute Gasteiger partial charge is 0.507 e. The predicted octanol–water partition coefficient (Wildman–Crippen LogP) is 5.80. The fourth-order valence-corrected chi connectivity index (χ4v) is 3.70. The van der Waals surface area contributed by atoms with Crippen molar-refractivity contribution in [3.8, 4) is 17.2 Å². The lowest BCUT2D eigenvalue weighted by Crippen LogP contribution is -2.07. The molecule has 0 fully saturated rings. The SMILES string of the molecule is C=CCc1ccc(OCCCCCOc2c(C(=O)O)ccc3ccccc23)c(C(C)=O)c1O. The lowest BCUT2D eigenvalue weighted by Gasteiger charge is -2.14. The monoisotopic (exact) mass is 448 g/mol. The van der Waals surface area contributed by atoms with Crippen LogP contribution in [0.1, 0.15) is 52.5 Å². The number of benzene rings is 3. The van der Waals surface area contributed by atoms with Gasteiger partial charge in [-0.3, -0.25) is 4.79 Å². The van der Waals surface area contributed by atoms with Crippen molar-refractivity contribution in [3.05, 3.63) is 77.9 Å². The normalized spacial score (nSPS) is 10.7. The topological polar surface area (TPSA) is 93.1 Å². The Balaban J connectivity index is 1.53. The van der Waals surface area contributed by atoms with Gasteiger partial charge in [-0.25, -0.2) is 4.79 Å². The van der Waals surface area contributed by atoms with E-state index in [9.17, 15) is 19.8 Å². The summed E-state index contributed by atoms with van der Waals surface area (Å²) >= 11 is 0. The summed E-state index contributed by atoms with van der Waals surface area (Å²) in [6.45, 7) is 5.82. The van der Waals surface area contributed by atoms with Crippen LogP contribution >= 0.6 is 0 Å². The molecule has 2 N–H and O–H groups in total. The van der Waals surface area contributed by atoms with E-state index < -0.39 is 5.97 Å². The maximum absolute atomic E-state index is 12.0. The van der Waals surface area contributed by atoms with Crippen LogP contribution in [0.25, 0.3) is 10.8 Å². The Morgan fingerprint density at radius 1 is 0.970 bits per heavy atom. The van der Waals surface area contributed by atoms with Crippen molar-refractivity contribution in [1.82, 2.24) is 0 Å². The third-order valence-electron chi connectivity index (χ3n) is 5.34. The predicted molar refractivity (Wildman–Crippen MR) is 128 cm³/mol. The number of phenols is 1. The maximum atomic E-state index is 12.0. The summed E-state index contributed by atoms with van der Waals surface area (Å²) in [5.41, 5.74) is 0.970. The Bertz CT molecular complexity index is 1160. The van der Waals surface area contributed by atoms with E-state index in [4.69, 9.17) is 9.47 Å². The molecule has 0 spiro atoms. The van der Waals surface area contributed by atoms with Crippen molar-refractivity contribution in [3.63, 3.8) is 0 Å². The van der Waals surface area contributed by atoms with Crippen molar-refractivity contribution in [2.45, 2.75) is 32.6 Å². The van der Waals surface area contributed by atoms with Crippen LogP contribution in [0.2, 0.25) is 0 Å². The number of aromatic carboxylic acids is 1. The molecule has 3 aromatic carbocycles. The fraction of sp³-hybridized carbons (Fsp3) is 0.259.